The number of carbonyl (C=O) groups is 2. The molecule has 2 amide bonds. The molecule has 1 aliphatic rings. The average molecular weight is 331 g/mol. The number of carboxylic acid groups (broad SMARTS) is 1. The maximum atomic E-state index is 12.1. The molecule has 0 aromatic heterocycles. The maximum Gasteiger partial charge on any atom is 0.319 e. The van der Waals surface area contributed by atoms with Crippen molar-refractivity contribution in [2.45, 2.75) is 37.6 Å². The first-order valence-corrected chi connectivity index (χ1v) is 7.41. The van der Waals surface area contributed by atoms with Gasteiger partial charge < -0.3 is 15.7 Å². The van der Waals surface area contributed by atoms with Crippen LogP contribution in [-0.2, 0) is 4.79 Å². The highest BCUT2D eigenvalue weighted by molar-refractivity contribution is 6.35. The number of hydrogen-bond acceptors (Lipinski definition) is 2. The third-order valence-corrected chi connectivity index (χ3v) is 3.99. The van der Waals surface area contributed by atoms with Crippen molar-refractivity contribution in [1.29, 1.82) is 0 Å². The number of aliphatic carboxylic acids is 1. The zero-order valence-electron chi connectivity index (χ0n) is 11.3. The summed E-state index contributed by atoms with van der Waals surface area (Å²) in [4.78, 5) is 23.1. The monoisotopic (exact) mass is 330 g/mol. The number of rotatable bonds is 4. The predicted molar refractivity (Wildman–Crippen MR) is 82.1 cm³/mol. The van der Waals surface area contributed by atoms with Crippen LogP contribution in [0.2, 0.25) is 10.0 Å². The average Bonchev–Trinajstić information content (AvgIpc) is 2.74. The van der Waals surface area contributed by atoms with Crippen LogP contribution in [0.15, 0.2) is 18.2 Å². The van der Waals surface area contributed by atoms with E-state index in [1.807, 2.05) is 0 Å². The molecule has 0 saturated heterocycles. The van der Waals surface area contributed by atoms with Crippen molar-refractivity contribution in [3.8, 4) is 0 Å². The molecule has 0 bridgehead atoms. The molecule has 7 heteroatoms. The van der Waals surface area contributed by atoms with Gasteiger partial charge in [0, 0.05) is 15.7 Å². The molecule has 0 radical (unpaired) electrons. The van der Waals surface area contributed by atoms with E-state index in [0.717, 1.165) is 12.8 Å². The molecular formula is C14H16Cl2N2O3. The Labute approximate surface area is 132 Å². The molecule has 2 rings (SSSR count). The van der Waals surface area contributed by atoms with Crippen LogP contribution in [0.25, 0.3) is 0 Å². The van der Waals surface area contributed by atoms with E-state index in [-0.39, 0.29) is 6.42 Å². The topological polar surface area (TPSA) is 78.4 Å². The van der Waals surface area contributed by atoms with E-state index < -0.39 is 17.5 Å². The molecule has 0 unspecified atom stereocenters. The Kier molecular flexibility index (Phi) is 4.96. The minimum absolute atomic E-state index is 0.0727. The lowest BCUT2D eigenvalue weighted by atomic mass is 9.93. The molecule has 114 valence electrons. The van der Waals surface area contributed by atoms with Gasteiger partial charge in [0.2, 0.25) is 0 Å². The Morgan fingerprint density at radius 2 is 1.71 bits per heavy atom. The molecule has 0 aliphatic heterocycles. The van der Waals surface area contributed by atoms with E-state index in [4.69, 9.17) is 28.3 Å². The van der Waals surface area contributed by atoms with Crippen molar-refractivity contribution in [1.82, 2.24) is 5.32 Å². The molecule has 1 aromatic carbocycles. The summed E-state index contributed by atoms with van der Waals surface area (Å²) in [6.07, 6.45) is 3.09. The van der Waals surface area contributed by atoms with Gasteiger partial charge >= 0.3 is 12.0 Å². The Morgan fingerprint density at radius 3 is 2.24 bits per heavy atom. The van der Waals surface area contributed by atoms with Gasteiger partial charge in [-0.3, -0.25) is 4.79 Å². The number of amides is 2. The van der Waals surface area contributed by atoms with Gasteiger partial charge in [-0.15, -0.1) is 0 Å². The molecule has 1 aromatic rings. The Balaban J connectivity index is 2.04. The smallest absolute Gasteiger partial charge is 0.319 e. The summed E-state index contributed by atoms with van der Waals surface area (Å²) in [7, 11) is 0. The second-order valence-electron chi connectivity index (χ2n) is 5.30. The highest BCUT2D eigenvalue weighted by Gasteiger charge is 2.37. The molecule has 0 heterocycles. The molecule has 1 saturated carbocycles. The quantitative estimate of drug-likeness (QED) is 0.783. The van der Waals surface area contributed by atoms with E-state index in [2.05, 4.69) is 10.6 Å². The summed E-state index contributed by atoms with van der Waals surface area (Å²) in [6, 6.07) is 4.27. The first-order valence-electron chi connectivity index (χ1n) is 6.66. The van der Waals surface area contributed by atoms with Crippen LogP contribution in [-0.4, -0.2) is 22.6 Å². The molecule has 3 N–H and O–H groups in total. The van der Waals surface area contributed by atoms with Crippen molar-refractivity contribution in [3.63, 3.8) is 0 Å². The standard InChI is InChI=1S/C14H16Cl2N2O3/c15-9-5-10(16)7-11(6-9)17-13(21)18-14(8-12(19)20)3-1-2-4-14/h5-7H,1-4,8H2,(H,19,20)(H2,17,18,21). The summed E-state index contributed by atoms with van der Waals surface area (Å²) in [5.74, 6) is -0.914. The second-order valence-corrected chi connectivity index (χ2v) is 6.17. The fraction of sp³-hybridized carbons (Fsp3) is 0.429. The molecule has 0 spiro atoms. The van der Waals surface area contributed by atoms with Crippen molar-refractivity contribution in [2.75, 3.05) is 5.32 Å². The normalized spacial score (nSPS) is 16.5. The molecule has 5 nitrogen and oxygen atoms in total. The zero-order chi connectivity index (χ0) is 15.5. The van der Waals surface area contributed by atoms with Crippen LogP contribution in [0.1, 0.15) is 32.1 Å². The molecule has 1 fully saturated rings. The van der Waals surface area contributed by atoms with Crippen LogP contribution in [0.4, 0.5) is 10.5 Å². The third-order valence-electron chi connectivity index (χ3n) is 3.55. The third kappa shape index (κ3) is 4.51. The minimum Gasteiger partial charge on any atom is -0.481 e. The first kappa shape index (κ1) is 15.9. The fourth-order valence-electron chi connectivity index (χ4n) is 2.72. The number of carbonyl (C=O) groups excluding carboxylic acids is 1. The number of hydrogen-bond donors (Lipinski definition) is 3. The largest absolute Gasteiger partial charge is 0.481 e. The van der Waals surface area contributed by atoms with Crippen LogP contribution >= 0.6 is 23.2 Å². The van der Waals surface area contributed by atoms with Crippen LogP contribution in [0.5, 0.6) is 0 Å². The van der Waals surface area contributed by atoms with Gasteiger partial charge in [-0.1, -0.05) is 36.0 Å². The number of nitrogens with one attached hydrogen (secondary N) is 2. The molecule has 21 heavy (non-hydrogen) atoms. The van der Waals surface area contributed by atoms with E-state index in [1.165, 1.54) is 0 Å². The van der Waals surface area contributed by atoms with Crippen LogP contribution in [0.3, 0.4) is 0 Å². The summed E-state index contributed by atoms with van der Waals surface area (Å²) >= 11 is 11.7. The first-order chi connectivity index (χ1) is 9.88. The van der Waals surface area contributed by atoms with Gasteiger partial charge in [0.05, 0.1) is 12.0 Å². The van der Waals surface area contributed by atoms with Crippen LogP contribution in [0, 0.1) is 0 Å². The second kappa shape index (κ2) is 6.54. The van der Waals surface area contributed by atoms with Crippen molar-refractivity contribution in [3.05, 3.63) is 28.2 Å². The summed E-state index contributed by atoms with van der Waals surface area (Å²) in [5.41, 5.74) is -0.202. The summed E-state index contributed by atoms with van der Waals surface area (Å²) < 4.78 is 0. The SMILES string of the molecule is O=C(O)CC1(NC(=O)Nc2cc(Cl)cc(Cl)c2)CCCC1. The van der Waals surface area contributed by atoms with Crippen molar-refractivity contribution in [2.24, 2.45) is 0 Å². The molecular weight excluding hydrogens is 315 g/mol. The summed E-state index contributed by atoms with van der Waals surface area (Å²) in [5, 5.41) is 15.3. The van der Waals surface area contributed by atoms with E-state index >= 15 is 0 Å². The highest BCUT2D eigenvalue weighted by Crippen LogP contribution is 2.32. The van der Waals surface area contributed by atoms with Gasteiger partial charge in [0.1, 0.15) is 0 Å². The number of urea groups is 1. The number of carboxylic acids is 1. The number of benzene rings is 1. The molecule has 0 atom stereocenters. The lowest BCUT2D eigenvalue weighted by Gasteiger charge is -2.28. The lowest BCUT2D eigenvalue weighted by molar-refractivity contribution is -0.138. The highest BCUT2D eigenvalue weighted by atomic mass is 35.5. The van der Waals surface area contributed by atoms with Gasteiger partial charge in [0.25, 0.3) is 0 Å². The Bertz CT molecular complexity index is 537. The predicted octanol–water partition coefficient (Wildman–Crippen LogP) is 3.90. The van der Waals surface area contributed by atoms with Gasteiger partial charge in [-0.2, -0.15) is 0 Å². The maximum absolute atomic E-state index is 12.1. The van der Waals surface area contributed by atoms with Crippen LogP contribution < -0.4 is 10.6 Å². The number of halogens is 2. The molecule has 1 aliphatic carbocycles. The van der Waals surface area contributed by atoms with E-state index in [9.17, 15) is 9.59 Å². The van der Waals surface area contributed by atoms with Gasteiger partial charge in [-0.25, -0.2) is 4.79 Å². The Hall–Kier alpha value is -1.46. The number of anilines is 1. The minimum atomic E-state index is -0.914. The van der Waals surface area contributed by atoms with Crippen molar-refractivity contribution < 1.29 is 14.7 Å². The van der Waals surface area contributed by atoms with E-state index in [1.54, 1.807) is 18.2 Å². The summed E-state index contributed by atoms with van der Waals surface area (Å²) in [6.45, 7) is 0. The Morgan fingerprint density at radius 1 is 1.14 bits per heavy atom. The van der Waals surface area contributed by atoms with Gasteiger partial charge in [-0.05, 0) is 31.0 Å². The van der Waals surface area contributed by atoms with E-state index in [0.29, 0.717) is 28.6 Å². The zero-order valence-corrected chi connectivity index (χ0v) is 12.8. The lowest BCUT2D eigenvalue weighted by Crippen LogP contribution is -2.49. The fourth-order valence-corrected chi connectivity index (χ4v) is 3.24. The van der Waals surface area contributed by atoms with Crippen molar-refractivity contribution >= 4 is 40.9 Å². The van der Waals surface area contributed by atoms with Gasteiger partial charge in [0.15, 0.2) is 0 Å².